The average Bonchev–Trinajstić information content (AvgIpc) is 3.43. The quantitative estimate of drug-likeness (QED) is 0.676. The Hall–Kier alpha value is -2.14. The lowest BCUT2D eigenvalue weighted by molar-refractivity contribution is 0.649. The number of rotatable bonds is 4. The van der Waals surface area contributed by atoms with Gasteiger partial charge >= 0.3 is 0 Å². The van der Waals surface area contributed by atoms with E-state index >= 15 is 0 Å². The van der Waals surface area contributed by atoms with E-state index in [0.717, 1.165) is 16.5 Å². The Morgan fingerprint density at radius 3 is 2.64 bits per heavy atom. The molecule has 2 aromatic heterocycles. The maximum Gasteiger partial charge on any atom is 0.192 e. The molecule has 1 unspecified atom stereocenters. The average molecular weight is 348 g/mol. The summed E-state index contributed by atoms with van der Waals surface area (Å²) in [7, 11) is 0. The molecule has 0 N–H and O–H groups in total. The minimum atomic E-state index is 0.483. The third-order valence-corrected chi connectivity index (χ3v) is 6.34. The maximum atomic E-state index is 4.58. The lowest BCUT2D eigenvalue weighted by atomic mass is 9.91. The number of aromatic nitrogens is 4. The van der Waals surface area contributed by atoms with Crippen LogP contribution in [0.25, 0.3) is 11.4 Å². The second-order valence-corrected chi connectivity index (χ2v) is 8.01. The lowest BCUT2D eigenvalue weighted by Gasteiger charge is -2.24. The molecule has 0 aliphatic heterocycles. The van der Waals surface area contributed by atoms with Crippen LogP contribution in [0, 0.1) is 0 Å². The van der Waals surface area contributed by atoms with Gasteiger partial charge in [-0.15, -0.1) is 10.2 Å². The fourth-order valence-electron chi connectivity index (χ4n) is 3.68. The molecule has 4 nitrogen and oxygen atoms in total. The zero-order valence-corrected chi connectivity index (χ0v) is 14.8. The van der Waals surface area contributed by atoms with Gasteiger partial charge in [0.2, 0.25) is 0 Å². The first-order valence-corrected chi connectivity index (χ1v) is 9.88. The number of benzene rings is 1. The predicted molar refractivity (Wildman–Crippen MR) is 99.5 cm³/mol. The van der Waals surface area contributed by atoms with Crippen LogP contribution in [-0.4, -0.2) is 19.7 Å². The van der Waals surface area contributed by atoms with E-state index in [2.05, 4.69) is 44.0 Å². The topological polar surface area (TPSA) is 43.6 Å². The summed E-state index contributed by atoms with van der Waals surface area (Å²) in [5, 5.41) is 10.7. The zero-order valence-electron chi connectivity index (χ0n) is 14.0. The van der Waals surface area contributed by atoms with E-state index in [4.69, 9.17) is 0 Å². The molecule has 5 heteroatoms. The van der Waals surface area contributed by atoms with Gasteiger partial charge in [0.25, 0.3) is 0 Å². The van der Waals surface area contributed by atoms with E-state index in [9.17, 15) is 0 Å². The summed E-state index contributed by atoms with van der Waals surface area (Å²) in [5.74, 6) is 0.983. The Morgan fingerprint density at radius 1 is 0.960 bits per heavy atom. The molecule has 25 heavy (non-hydrogen) atoms. The van der Waals surface area contributed by atoms with Gasteiger partial charge in [0, 0.05) is 29.2 Å². The highest BCUT2D eigenvalue weighted by Crippen LogP contribution is 2.47. The lowest BCUT2D eigenvalue weighted by Crippen LogP contribution is -2.08. The number of fused-ring (bicyclic) bond motifs is 1. The van der Waals surface area contributed by atoms with Crippen molar-refractivity contribution >= 4 is 11.8 Å². The van der Waals surface area contributed by atoms with Gasteiger partial charge in [-0.3, -0.25) is 9.55 Å². The molecule has 1 saturated carbocycles. The second-order valence-electron chi connectivity index (χ2n) is 6.84. The number of hydrogen-bond acceptors (Lipinski definition) is 4. The number of hydrogen-bond donors (Lipinski definition) is 0. The van der Waals surface area contributed by atoms with Gasteiger partial charge < -0.3 is 0 Å². The normalized spacial score (nSPS) is 19.6. The summed E-state index contributed by atoms with van der Waals surface area (Å²) in [6.45, 7) is 0. The van der Waals surface area contributed by atoms with Gasteiger partial charge in [0.15, 0.2) is 11.0 Å². The summed E-state index contributed by atoms with van der Waals surface area (Å²) in [5.41, 5.74) is 4.08. The molecule has 2 heterocycles. The monoisotopic (exact) mass is 348 g/mol. The van der Waals surface area contributed by atoms with E-state index in [-0.39, 0.29) is 0 Å². The highest BCUT2D eigenvalue weighted by Gasteiger charge is 2.32. The van der Waals surface area contributed by atoms with Crippen LogP contribution in [0.3, 0.4) is 0 Å². The fraction of sp³-hybridized carbons (Fsp3) is 0.350. The van der Waals surface area contributed by atoms with Gasteiger partial charge in [-0.05, 0) is 55.4 Å². The van der Waals surface area contributed by atoms with Gasteiger partial charge in [-0.1, -0.05) is 36.0 Å². The Morgan fingerprint density at radius 2 is 1.80 bits per heavy atom. The van der Waals surface area contributed by atoms with Crippen LogP contribution in [0.5, 0.6) is 0 Å². The first kappa shape index (κ1) is 15.1. The zero-order chi connectivity index (χ0) is 16.6. The minimum Gasteiger partial charge on any atom is -0.299 e. The van der Waals surface area contributed by atoms with Crippen LogP contribution < -0.4 is 0 Å². The third kappa shape index (κ3) is 2.86. The molecule has 2 aliphatic rings. The summed E-state index contributed by atoms with van der Waals surface area (Å²) in [6.07, 6.45) is 9.77. The SMILES string of the molecule is c1ccc2c(c1)CCCC2Sc1nnc(-c2ccncc2)n1C1CC1. The summed E-state index contributed by atoms with van der Waals surface area (Å²) >= 11 is 1.89. The van der Waals surface area contributed by atoms with Gasteiger partial charge in [0.05, 0.1) is 0 Å². The molecular weight excluding hydrogens is 328 g/mol. The minimum absolute atomic E-state index is 0.483. The van der Waals surface area contributed by atoms with Crippen molar-refractivity contribution in [3.63, 3.8) is 0 Å². The van der Waals surface area contributed by atoms with E-state index < -0.39 is 0 Å². The molecule has 0 radical (unpaired) electrons. The first-order valence-electron chi connectivity index (χ1n) is 9.00. The van der Waals surface area contributed by atoms with Crippen LogP contribution >= 0.6 is 11.8 Å². The number of pyridine rings is 1. The molecule has 0 saturated heterocycles. The summed E-state index contributed by atoms with van der Waals surface area (Å²) in [6, 6.07) is 13.5. The van der Waals surface area contributed by atoms with Crippen molar-refractivity contribution in [1.29, 1.82) is 0 Å². The molecule has 1 aromatic carbocycles. The molecule has 1 fully saturated rings. The molecule has 0 bridgehead atoms. The van der Waals surface area contributed by atoms with E-state index in [1.165, 1.54) is 43.2 Å². The maximum absolute atomic E-state index is 4.58. The molecule has 3 aromatic rings. The van der Waals surface area contributed by atoms with Crippen molar-refractivity contribution < 1.29 is 0 Å². The smallest absolute Gasteiger partial charge is 0.192 e. The molecule has 2 aliphatic carbocycles. The van der Waals surface area contributed by atoms with Crippen LogP contribution in [0.15, 0.2) is 53.9 Å². The molecule has 5 rings (SSSR count). The van der Waals surface area contributed by atoms with Crippen LogP contribution in [0.4, 0.5) is 0 Å². The van der Waals surface area contributed by atoms with E-state index in [0.29, 0.717) is 11.3 Å². The van der Waals surface area contributed by atoms with Crippen molar-refractivity contribution in [3.8, 4) is 11.4 Å². The van der Waals surface area contributed by atoms with Crippen molar-refractivity contribution in [1.82, 2.24) is 19.7 Å². The Kier molecular flexibility index (Phi) is 3.82. The molecule has 0 spiro atoms. The predicted octanol–water partition coefficient (Wildman–Crippen LogP) is 4.84. The number of aryl methyl sites for hydroxylation is 1. The Bertz CT molecular complexity index is 886. The van der Waals surface area contributed by atoms with Crippen LogP contribution in [-0.2, 0) is 6.42 Å². The van der Waals surface area contributed by atoms with Crippen LogP contribution in [0.1, 0.15) is 48.1 Å². The Balaban J connectivity index is 1.51. The third-order valence-electron chi connectivity index (χ3n) is 5.08. The highest BCUT2D eigenvalue weighted by molar-refractivity contribution is 7.99. The summed E-state index contributed by atoms with van der Waals surface area (Å²) < 4.78 is 2.36. The van der Waals surface area contributed by atoms with Crippen molar-refractivity contribution in [3.05, 3.63) is 59.9 Å². The van der Waals surface area contributed by atoms with E-state index in [1.807, 2.05) is 36.3 Å². The number of nitrogens with zero attached hydrogens (tertiary/aromatic N) is 4. The van der Waals surface area contributed by atoms with E-state index in [1.54, 1.807) is 0 Å². The standard InChI is InChI=1S/C20H20N4S/c1-2-6-17-14(4-1)5-3-7-18(17)25-20-23-22-19(24(20)16-8-9-16)15-10-12-21-13-11-15/h1-2,4,6,10-13,16,18H,3,5,7-9H2. The highest BCUT2D eigenvalue weighted by atomic mass is 32.2. The van der Waals surface area contributed by atoms with Gasteiger partial charge in [-0.25, -0.2) is 0 Å². The molecule has 0 amide bonds. The largest absolute Gasteiger partial charge is 0.299 e. The van der Waals surface area contributed by atoms with Gasteiger partial charge in [-0.2, -0.15) is 0 Å². The Labute approximate surface area is 151 Å². The molecule has 1 atom stereocenters. The van der Waals surface area contributed by atoms with Crippen molar-refractivity contribution in [2.45, 2.75) is 48.6 Å². The second kappa shape index (κ2) is 6.30. The number of thioether (sulfide) groups is 1. The first-order chi connectivity index (χ1) is 12.4. The van der Waals surface area contributed by atoms with Gasteiger partial charge in [0.1, 0.15) is 0 Å². The fourth-order valence-corrected chi connectivity index (χ4v) is 5.01. The van der Waals surface area contributed by atoms with Crippen LogP contribution in [0.2, 0.25) is 0 Å². The molecular formula is C20H20N4S. The molecule has 126 valence electrons. The summed E-state index contributed by atoms with van der Waals surface area (Å²) in [4.78, 5) is 4.12. The van der Waals surface area contributed by atoms with Crippen molar-refractivity contribution in [2.75, 3.05) is 0 Å². The van der Waals surface area contributed by atoms with Crippen molar-refractivity contribution in [2.24, 2.45) is 0 Å².